The maximum atomic E-state index is 12.7. The van der Waals surface area contributed by atoms with E-state index in [0.717, 1.165) is 24.3 Å². The summed E-state index contributed by atoms with van der Waals surface area (Å²) in [7, 11) is -8.81. The molecule has 0 aliphatic heterocycles. The van der Waals surface area contributed by atoms with E-state index in [-0.39, 0.29) is 4.90 Å². The maximum Gasteiger partial charge on any atom is 0.332 e. The van der Waals surface area contributed by atoms with Crippen LogP contribution in [0.15, 0.2) is 34.1 Å². The van der Waals surface area contributed by atoms with E-state index in [2.05, 4.69) is 4.72 Å². The van der Waals surface area contributed by atoms with Gasteiger partial charge in [-0.1, -0.05) is 13.3 Å². The molecule has 0 aromatic heterocycles. The van der Waals surface area contributed by atoms with E-state index in [1.165, 1.54) is 0 Å². The summed E-state index contributed by atoms with van der Waals surface area (Å²) in [5.41, 5.74) is 0. The molecule has 1 aromatic rings. The van der Waals surface area contributed by atoms with E-state index < -0.39 is 31.2 Å². The van der Waals surface area contributed by atoms with Crippen LogP contribution in [0.3, 0.4) is 0 Å². The molecule has 0 aliphatic rings. The second kappa shape index (κ2) is 6.30. The third-order valence-electron chi connectivity index (χ3n) is 2.45. The smallest absolute Gasteiger partial charge is 0.207 e. The number of rotatable bonds is 6. The van der Waals surface area contributed by atoms with Crippen molar-refractivity contribution in [2.45, 2.75) is 35.6 Å². The summed E-state index contributed by atoms with van der Waals surface area (Å²) >= 11 is 0. The molecular formula is C11H13FN2O4S2. The number of benzene rings is 1. The van der Waals surface area contributed by atoms with Gasteiger partial charge in [0.1, 0.15) is 6.04 Å². The van der Waals surface area contributed by atoms with Crippen LogP contribution in [0.2, 0.25) is 0 Å². The maximum absolute atomic E-state index is 12.7. The average molecular weight is 320 g/mol. The van der Waals surface area contributed by atoms with Crippen LogP contribution in [0, 0.1) is 11.3 Å². The molecule has 110 valence electrons. The molecule has 1 aromatic carbocycles. The van der Waals surface area contributed by atoms with E-state index in [9.17, 15) is 20.7 Å². The zero-order valence-electron chi connectivity index (χ0n) is 10.6. The summed E-state index contributed by atoms with van der Waals surface area (Å²) < 4.78 is 60.0. The monoisotopic (exact) mass is 320 g/mol. The number of nitriles is 1. The Morgan fingerprint density at radius 3 is 2.10 bits per heavy atom. The van der Waals surface area contributed by atoms with Crippen molar-refractivity contribution in [3.63, 3.8) is 0 Å². The van der Waals surface area contributed by atoms with Gasteiger partial charge in [0.05, 0.1) is 15.9 Å². The van der Waals surface area contributed by atoms with Crippen LogP contribution in [0.25, 0.3) is 0 Å². The van der Waals surface area contributed by atoms with Crippen molar-refractivity contribution >= 4 is 20.2 Å². The number of halogens is 1. The molecule has 20 heavy (non-hydrogen) atoms. The molecule has 6 nitrogen and oxygen atoms in total. The predicted octanol–water partition coefficient (Wildman–Crippen LogP) is 1.32. The Morgan fingerprint density at radius 2 is 1.70 bits per heavy atom. The second-order valence-electron chi connectivity index (χ2n) is 4.00. The number of nitrogens with one attached hydrogen (secondary N) is 1. The Hall–Kier alpha value is -1.50. The van der Waals surface area contributed by atoms with Gasteiger partial charge in [0, 0.05) is 0 Å². The van der Waals surface area contributed by atoms with Crippen LogP contribution in [-0.4, -0.2) is 22.9 Å². The Labute approximate surface area is 117 Å². The molecular weight excluding hydrogens is 307 g/mol. The van der Waals surface area contributed by atoms with E-state index >= 15 is 0 Å². The summed E-state index contributed by atoms with van der Waals surface area (Å²) in [5.74, 6) is 0. The van der Waals surface area contributed by atoms with Gasteiger partial charge in [0.15, 0.2) is 0 Å². The van der Waals surface area contributed by atoms with Gasteiger partial charge in [-0.05, 0) is 30.7 Å². The van der Waals surface area contributed by atoms with Gasteiger partial charge < -0.3 is 0 Å². The minimum Gasteiger partial charge on any atom is -0.207 e. The molecule has 0 aliphatic carbocycles. The fraction of sp³-hybridized carbons (Fsp3) is 0.364. The number of hydrogen-bond acceptors (Lipinski definition) is 5. The highest BCUT2D eigenvalue weighted by molar-refractivity contribution is 7.89. The largest absolute Gasteiger partial charge is 0.332 e. The van der Waals surface area contributed by atoms with Gasteiger partial charge in [-0.25, -0.2) is 8.42 Å². The normalized spacial score (nSPS) is 13.7. The molecule has 0 saturated heterocycles. The standard InChI is InChI=1S/C11H13FN2O4S2/c1-2-3-9(8-13)14-20(17,18)11-6-4-10(5-7-11)19(12,15)16/h4-7,9,14H,2-3H2,1H3. The third-order valence-corrected chi connectivity index (χ3v) is 4.77. The van der Waals surface area contributed by atoms with E-state index in [1.807, 2.05) is 6.07 Å². The lowest BCUT2D eigenvalue weighted by atomic mass is 10.2. The highest BCUT2D eigenvalue weighted by Crippen LogP contribution is 2.16. The first-order valence-electron chi connectivity index (χ1n) is 5.67. The minimum absolute atomic E-state index is 0.235. The molecule has 0 fully saturated rings. The van der Waals surface area contributed by atoms with Gasteiger partial charge >= 0.3 is 10.2 Å². The van der Waals surface area contributed by atoms with E-state index in [4.69, 9.17) is 5.26 Å². The summed E-state index contributed by atoms with van der Waals surface area (Å²) in [4.78, 5) is -0.858. The van der Waals surface area contributed by atoms with Crippen molar-refractivity contribution in [2.75, 3.05) is 0 Å². The van der Waals surface area contributed by atoms with Crippen molar-refractivity contribution in [2.24, 2.45) is 0 Å². The molecule has 0 bridgehead atoms. The Bertz CT molecular complexity index is 706. The predicted molar refractivity (Wildman–Crippen MR) is 69.4 cm³/mol. The second-order valence-corrected chi connectivity index (χ2v) is 7.06. The topological polar surface area (TPSA) is 104 Å². The van der Waals surface area contributed by atoms with Crippen molar-refractivity contribution < 1.29 is 20.7 Å². The molecule has 0 radical (unpaired) electrons. The average Bonchev–Trinajstić information content (AvgIpc) is 2.37. The van der Waals surface area contributed by atoms with Crippen LogP contribution in [0.5, 0.6) is 0 Å². The zero-order chi connectivity index (χ0) is 15.4. The molecule has 9 heteroatoms. The number of sulfonamides is 1. The molecule has 0 heterocycles. The fourth-order valence-corrected chi connectivity index (χ4v) is 3.11. The molecule has 1 N–H and O–H groups in total. The minimum atomic E-state index is -4.87. The van der Waals surface area contributed by atoms with Crippen molar-refractivity contribution in [1.82, 2.24) is 4.72 Å². The zero-order valence-corrected chi connectivity index (χ0v) is 12.2. The summed E-state index contributed by atoms with van der Waals surface area (Å²) in [6.07, 6.45) is 0.979. The summed E-state index contributed by atoms with van der Waals surface area (Å²) in [5, 5.41) is 8.81. The molecule has 1 atom stereocenters. The lowest BCUT2D eigenvalue weighted by Gasteiger charge is -2.11. The summed E-state index contributed by atoms with van der Waals surface area (Å²) in [6, 6.07) is 4.59. The van der Waals surface area contributed by atoms with Gasteiger partial charge in [0.25, 0.3) is 0 Å². The van der Waals surface area contributed by atoms with Crippen LogP contribution < -0.4 is 4.72 Å². The van der Waals surface area contributed by atoms with E-state index in [1.54, 1.807) is 6.92 Å². The third kappa shape index (κ3) is 4.26. The van der Waals surface area contributed by atoms with Crippen LogP contribution in [-0.2, 0) is 20.2 Å². The highest BCUT2D eigenvalue weighted by Gasteiger charge is 2.20. The van der Waals surface area contributed by atoms with Gasteiger partial charge in [-0.3, -0.25) is 0 Å². The first-order chi connectivity index (χ1) is 9.20. The summed E-state index contributed by atoms with van der Waals surface area (Å²) in [6.45, 7) is 1.81. The fourth-order valence-electron chi connectivity index (χ4n) is 1.48. The number of hydrogen-bond donors (Lipinski definition) is 1. The lowest BCUT2D eigenvalue weighted by molar-refractivity contribution is 0.550. The van der Waals surface area contributed by atoms with E-state index in [0.29, 0.717) is 12.8 Å². The first-order valence-corrected chi connectivity index (χ1v) is 8.54. The Morgan fingerprint density at radius 1 is 1.20 bits per heavy atom. The Balaban J connectivity index is 3.03. The molecule has 1 rings (SSSR count). The van der Waals surface area contributed by atoms with Crippen LogP contribution in [0.4, 0.5) is 3.89 Å². The van der Waals surface area contributed by atoms with Gasteiger partial charge in [0.2, 0.25) is 10.0 Å². The number of nitrogens with zero attached hydrogens (tertiary/aromatic N) is 1. The molecule has 0 saturated carbocycles. The van der Waals surface area contributed by atoms with Crippen molar-refractivity contribution in [1.29, 1.82) is 5.26 Å². The van der Waals surface area contributed by atoms with Gasteiger partial charge in [-0.15, -0.1) is 3.89 Å². The molecule has 0 amide bonds. The molecule has 0 spiro atoms. The lowest BCUT2D eigenvalue weighted by Crippen LogP contribution is -2.33. The quantitative estimate of drug-likeness (QED) is 0.796. The van der Waals surface area contributed by atoms with Crippen molar-refractivity contribution in [3.05, 3.63) is 24.3 Å². The molecule has 1 unspecified atom stereocenters. The highest BCUT2D eigenvalue weighted by atomic mass is 32.3. The van der Waals surface area contributed by atoms with Crippen molar-refractivity contribution in [3.8, 4) is 6.07 Å². The van der Waals surface area contributed by atoms with Crippen LogP contribution >= 0.6 is 0 Å². The van der Waals surface area contributed by atoms with Crippen LogP contribution in [0.1, 0.15) is 19.8 Å². The SMILES string of the molecule is CCCC(C#N)NS(=O)(=O)c1ccc(S(=O)(=O)F)cc1. The first kappa shape index (κ1) is 16.6. The van der Waals surface area contributed by atoms with Gasteiger partial charge in [-0.2, -0.15) is 18.4 Å². The Kier molecular flexibility index (Phi) is 5.21.